The summed E-state index contributed by atoms with van der Waals surface area (Å²) in [4.78, 5) is 113. The molecule has 0 unspecified atom stereocenters. The molecule has 0 heterocycles. The third kappa shape index (κ3) is 33.5. The van der Waals surface area contributed by atoms with Crippen molar-refractivity contribution in [3.63, 3.8) is 0 Å². The van der Waals surface area contributed by atoms with Crippen LogP contribution in [0.2, 0.25) is 19.6 Å². The molecule has 22 heteroatoms. The first-order valence-corrected chi connectivity index (χ1v) is 34.5. The normalized spacial score (nSPS) is 12.9. The van der Waals surface area contributed by atoms with Crippen LogP contribution in [0.4, 0.5) is 14.4 Å². The molecule has 0 spiro atoms. The van der Waals surface area contributed by atoms with Gasteiger partial charge in [0.1, 0.15) is 47.0 Å². The number of carbonyl (C=O) groups is 9. The van der Waals surface area contributed by atoms with Gasteiger partial charge in [0.2, 0.25) is 25.4 Å². The van der Waals surface area contributed by atoms with Gasteiger partial charge in [0.15, 0.2) is 0 Å². The summed E-state index contributed by atoms with van der Waals surface area (Å²) in [5, 5.41) is 26.3. The number of likely N-dealkylation sites (N-methyl/N-ethyl adjacent to an activating group) is 2. The summed E-state index contributed by atoms with van der Waals surface area (Å²) >= 11 is 5.23. The Morgan fingerprint density at radius 2 is 0.688 bits per heavy atom. The number of hydrogen-bond donors (Lipinski definition) is 5. The fourth-order valence-corrected chi connectivity index (χ4v) is 9.12. The summed E-state index contributed by atoms with van der Waals surface area (Å²) in [7, 11) is 0.824. The van der Waals surface area contributed by atoms with E-state index in [-0.39, 0.29) is 36.3 Å². The Morgan fingerprint density at radius 3 is 0.925 bits per heavy atom. The molecule has 20 nitrogen and oxygen atoms in total. The van der Waals surface area contributed by atoms with Crippen molar-refractivity contribution in [3.8, 4) is 0 Å². The van der Waals surface area contributed by atoms with Gasteiger partial charge in [0.05, 0.1) is 0 Å². The molecule has 5 atom stereocenters. The molecule has 0 aliphatic rings. The molecule has 0 fully saturated rings. The van der Waals surface area contributed by atoms with E-state index >= 15 is 0 Å². The lowest BCUT2D eigenvalue weighted by molar-refractivity contribution is -0.149. The van der Waals surface area contributed by atoms with Crippen LogP contribution < -0.4 is 16.0 Å². The van der Waals surface area contributed by atoms with E-state index in [9.17, 15) is 48.3 Å². The monoisotopic (exact) mass is 1320 g/mol. The summed E-state index contributed by atoms with van der Waals surface area (Å²) in [6, 6.07) is 41.5. The van der Waals surface area contributed by atoms with E-state index in [0.717, 1.165) is 34.2 Å². The topological polar surface area (TPSA) is 274 Å². The summed E-state index contributed by atoms with van der Waals surface area (Å²) in [6.45, 7) is 27.0. The molecule has 0 aliphatic carbocycles. The van der Waals surface area contributed by atoms with Crippen molar-refractivity contribution >= 4 is 73.2 Å². The van der Waals surface area contributed by atoms with Crippen LogP contribution in [0.25, 0.3) is 0 Å². The maximum absolute atomic E-state index is 13.7. The van der Waals surface area contributed by atoms with Gasteiger partial charge in [-0.15, -0.1) is 0 Å². The number of ether oxygens (including phenoxy) is 3. The number of alkyl carbamates (subject to hydrolysis) is 3. The molecule has 0 saturated carbocycles. The van der Waals surface area contributed by atoms with Crippen molar-refractivity contribution in [1.82, 2.24) is 25.8 Å². The number of rotatable bonds is 23. The second-order valence-corrected chi connectivity index (χ2v) is 31.5. The Kier molecular flexibility index (Phi) is 32.8. The third-order valence-electron chi connectivity index (χ3n) is 13.4. The average molecular weight is 1330 g/mol. The molecule has 0 aromatic heterocycles. The van der Waals surface area contributed by atoms with Crippen molar-refractivity contribution in [2.45, 2.75) is 188 Å². The smallest absolute Gasteiger partial charge is 0.408 e. The zero-order valence-corrected chi connectivity index (χ0v) is 58.8. The van der Waals surface area contributed by atoms with Crippen LogP contribution in [-0.2, 0) is 79.5 Å². The van der Waals surface area contributed by atoms with Gasteiger partial charge in [-0.1, -0.05) is 172 Å². The Labute approximate surface area is 555 Å². The molecule has 0 bridgehead atoms. The molecule has 0 saturated heterocycles. The molecule has 5 aromatic rings. The van der Waals surface area contributed by atoms with E-state index < -0.39 is 103 Å². The van der Waals surface area contributed by atoms with E-state index in [1.54, 1.807) is 69.4 Å². The van der Waals surface area contributed by atoms with Crippen LogP contribution in [-0.4, -0.2) is 143 Å². The predicted molar refractivity (Wildman–Crippen MR) is 363 cm³/mol. The average Bonchev–Trinajstić information content (AvgIpc) is 1.51. The largest absolute Gasteiger partial charge is 0.518 e. The highest BCUT2D eigenvalue weighted by atomic mass is 35.5. The lowest BCUT2D eigenvalue weighted by Gasteiger charge is -2.32. The summed E-state index contributed by atoms with van der Waals surface area (Å²) in [6.07, 6.45) is -0.207. The number of benzene rings is 5. The van der Waals surface area contributed by atoms with Crippen LogP contribution in [0.3, 0.4) is 0 Å². The van der Waals surface area contributed by atoms with Gasteiger partial charge in [0.25, 0.3) is 0 Å². The number of nitrogens with zero attached hydrogens (tertiary/aromatic N) is 2. The molecule has 5 amide bonds. The van der Waals surface area contributed by atoms with Gasteiger partial charge in [-0.25, -0.2) is 24.0 Å². The Balaban J connectivity index is 0.000000462. The molecule has 0 radical (unpaired) electrons. The highest BCUT2D eigenvalue weighted by Crippen LogP contribution is 2.23. The third-order valence-corrected chi connectivity index (χ3v) is 14.7. The van der Waals surface area contributed by atoms with Crippen LogP contribution in [0.15, 0.2) is 152 Å². The van der Waals surface area contributed by atoms with E-state index in [1.165, 1.54) is 16.8 Å². The van der Waals surface area contributed by atoms with Gasteiger partial charge < -0.3 is 54.6 Å². The first-order valence-electron chi connectivity index (χ1n) is 30.7. The number of nitrogens with one attached hydrogen (secondary N) is 3. The van der Waals surface area contributed by atoms with Gasteiger partial charge >= 0.3 is 36.2 Å². The molecular weight excluding hydrogens is 1230 g/mol. The minimum absolute atomic E-state index is 0.156. The highest BCUT2D eigenvalue weighted by Gasteiger charge is 2.37. The number of halogens is 1. The van der Waals surface area contributed by atoms with E-state index in [2.05, 4.69) is 16.0 Å². The van der Waals surface area contributed by atoms with Gasteiger partial charge in [0, 0.05) is 51.6 Å². The lowest BCUT2D eigenvalue weighted by Crippen LogP contribution is -2.55. The first-order chi connectivity index (χ1) is 43.1. The van der Waals surface area contributed by atoms with E-state index in [4.69, 9.17) is 35.3 Å². The molecule has 5 N–H and O–H groups in total. The number of amides is 5. The predicted octanol–water partition coefficient (Wildman–Crippen LogP) is 12.2. The van der Waals surface area contributed by atoms with Crippen molar-refractivity contribution in [3.05, 3.63) is 179 Å². The zero-order chi connectivity index (χ0) is 70.5. The number of carboxylic acids is 2. The van der Waals surface area contributed by atoms with Crippen LogP contribution >= 0.6 is 11.6 Å². The van der Waals surface area contributed by atoms with Gasteiger partial charge in [-0.2, -0.15) is 0 Å². The fraction of sp³-hybridized carbons (Fsp3) is 0.451. The van der Waals surface area contributed by atoms with E-state index in [0.29, 0.717) is 6.42 Å². The van der Waals surface area contributed by atoms with Crippen LogP contribution in [0.5, 0.6) is 0 Å². The standard InChI is InChI=1S/C27H38N2O5Si.C24H30N2O5.C14H19NO4.C6H11ClO/c1-27(2,3)33-26(32)28-22(18-20-14-10-8-11-15-20)24(30)29(4)23(25(31)34-35(5,6)7)19-21-16-12-9-13-17-21;1-24(2,3)31-23(30)25-19(15-17-11-7-5-8-12-17)21(27)26(4)20(22(28)29)16-18-13-9-6-10-14-18;1-14(2,3)19-13(18)15-11(12(16)17)9-10-7-5-4-6-8-10;1-4-6(2,3)5(7)8/h8-17,22-23H,18-19H2,1-7H3,(H,28,32);5-14,19-20H,15-16H2,1-4H3,(H,25,30)(H,28,29);4-8,11H,9H2,1-3H3,(H,15,18)(H,16,17);4H2,1-3H3/t22-,23-;19-,20-;11-;/m000./s1. The minimum Gasteiger partial charge on any atom is -0.518 e. The van der Waals surface area contributed by atoms with Gasteiger partial charge in [-0.3, -0.25) is 19.2 Å². The van der Waals surface area contributed by atoms with E-state index in [1.807, 2.05) is 192 Å². The maximum atomic E-state index is 13.7. The van der Waals surface area contributed by atoms with Crippen molar-refractivity contribution < 1.29 is 72.0 Å². The second kappa shape index (κ2) is 37.8. The minimum atomic E-state index is -2.20. The quantitative estimate of drug-likeness (QED) is 0.0231. The molecule has 5 rings (SSSR count). The maximum Gasteiger partial charge on any atom is 0.408 e. The summed E-state index contributed by atoms with van der Waals surface area (Å²) in [5.74, 6) is -3.55. The summed E-state index contributed by atoms with van der Waals surface area (Å²) in [5.41, 5.74) is 1.83. The highest BCUT2D eigenvalue weighted by molar-refractivity contribution is 6.71. The number of carboxylic acid groups (broad SMARTS) is 2. The summed E-state index contributed by atoms with van der Waals surface area (Å²) < 4.78 is 21.5. The van der Waals surface area contributed by atoms with Crippen molar-refractivity contribution in [2.75, 3.05) is 14.1 Å². The van der Waals surface area contributed by atoms with Gasteiger partial charge in [-0.05, 0) is 128 Å². The zero-order valence-electron chi connectivity index (χ0n) is 57.0. The van der Waals surface area contributed by atoms with Crippen LogP contribution in [0.1, 0.15) is 117 Å². The lowest BCUT2D eigenvalue weighted by atomic mass is 9.92. The SMILES string of the molecule is CC(C)(C)OC(=O)N[C@@H](Cc1ccccc1)C(=O)O.CCC(C)(C)C(=O)Cl.CN(C(=O)[C@H](Cc1ccccc1)NC(=O)OC(C)(C)C)[C@@H](Cc1ccccc1)C(=O)O.CN(C(=O)[C@H](Cc1ccccc1)NC(=O)OC(C)(C)C)[C@@H](Cc1ccccc1)C(=O)O[Si](C)(C)C. The Bertz CT molecular complexity index is 3150. The Morgan fingerprint density at radius 1 is 0.430 bits per heavy atom. The molecule has 5 aromatic carbocycles. The van der Waals surface area contributed by atoms with Crippen LogP contribution in [0, 0.1) is 5.41 Å². The molecule has 508 valence electrons. The molecule has 93 heavy (non-hydrogen) atoms. The number of aliphatic carboxylic acids is 2. The molecule has 0 aliphatic heterocycles. The number of hydrogen-bond acceptors (Lipinski definition) is 13. The first kappa shape index (κ1) is 80.5. The molecular formula is C71H98ClN5O15Si. The second-order valence-electron chi connectivity index (χ2n) is 26.7. The van der Waals surface area contributed by atoms with Crippen molar-refractivity contribution in [2.24, 2.45) is 5.41 Å². The number of carbonyl (C=O) groups excluding carboxylic acids is 7. The van der Waals surface area contributed by atoms with Crippen molar-refractivity contribution in [1.29, 1.82) is 0 Å². The fourth-order valence-electron chi connectivity index (χ4n) is 8.25. The Hall–Kier alpha value is -8.56.